The first-order valence-corrected chi connectivity index (χ1v) is 11.4. The van der Waals surface area contributed by atoms with Gasteiger partial charge in [-0.25, -0.2) is 14.2 Å². The van der Waals surface area contributed by atoms with Gasteiger partial charge >= 0.3 is 6.09 Å². The van der Waals surface area contributed by atoms with Gasteiger partial charge in [-0.2, -0.15) is 0 Å². The van der Waals surface area contributed by atoms with Gasteiger partial charge < -0.3 is 19.5 Å². The molecule has 7 heteroatoms. The molecule has 0 fully saturated rings. The van der Waals surface area contributed by atoms with Gasteiger partial charge in [-0.15, -0.1) is 0 Å². The Labute approximate surface area is 193 Å². The molecule has 0 spiro atoms. The van der Waals surface area contributed by atoms with Crippen LogP contribution < -0.4 is 4.90 Å². The number of carbonyl (C=O) groups excluding carboxylic acids is 1. The van der Waals surface area contributed by atoms with Gasteiger partial charge in [-0.05, 0) is 74.6 Å². The Morgan fingerprint density at radius 1 is 1.15 bits per heavy atom. The molecule has 0 unspecified atom stereocenters. The average Bonchev–Trinajstić information content (AvgIpc) is 3.14. The van der Waals surface area contributed by atoms with E-state index in [0.29, 0.717) is 13.1 Å². The van der Waals surface area contributed by atoms with E-state index in [4.69, 9.17) is 4.74 Å². The zero-order chi connectivity index (χ0) is 23.3. The summed E-state index contributed by atoms with van der Waals surface area (Å²) < 4.78 is 19.7. The smallest absolute Gasteiger partial charge is 0.410 e. The first-order chi connectivity index (χ1) is 15.7. The van der Waals surface area contributed by atoms with Gasteiger partial charge in [0.05, 0.1) is 0 Å². The summed E-state index contributed by atoms with van der Waals surface area (Å²) in [5, 5.41) is 1.06. The number of pyridine rings is 1. The van der Waals surface area contributed by atoms with Gasteiger partial charge in [-0.1, -0.05) is 6.08 Å². The van der Waals surface area contributed by atoms with Crippen LogP contribution in [0.3, 0.4) is 0 Å². The predicted octanol–water partition coefficient (Wildman–Crippen LogP) is 5.39. The summed E-state index contributed by atoms with van der Waals surface area (Å²) in [5.41, 5.74) is 6.64. The monoisotopic (exact) mass is 448 g/mol. The number of benzene rings is 1. The summed E-state index contributed by atoms with van der Waals surface area (Å²) in [6, 6.07) is 6.95. The second kappa shape index (κ2) is 7.90. The Morgan fingerprint density at radius 2 is 1.97 bits per heavy atom. The third-order valence-electron chi connectivity index (χ3n) is 6.34. The van der Waals surface area contributed by atoms with Crippen LogP contribution in [0.2, 0.25) is 0 Å². The maximum absolute atomic E-state index is 14.2. The van der Waals surface area contributed by atoms with E-state index in [1.54, 1.807) is 17.2 Å². The van der Waals surface area contributed by atoms with E-state index in [2.05, 4.69) is 20.9 Å². The lowest BCUT2D eigenvalue weighted by atomic mass is 9.92. The van der Waals surface area contributed by atoms with Gasteiger partial charge in [0.25, 0.3) is 0 Å². The molecule has 0 saturated heterocycles. The van der Waals surface area contributed by atoms with Crippen molar-refractivity contribution >= 4 is 28.4 Å². The van der Waals surface area contributed by atoms with E-state index in [0.717, 1.165) is 52.9 Å². The van der Waals surface area contributed by atoms with Crippen LogP contribution in [0.15, 0.2) is 36.5 Å². The van der Waals surface area contributed by atoms with Crippen molar-refractivity contribution in [3.63, 3.8) is 0 Å². The van der Waals surface area contributed by atoms with Crippen LogP contribution in [0.1, 0.15) is 38.4 Å². The fraction of sp³-hybridized carbons (Fsp3) is 0.385. The van der Waals surface area contributed by atoms with E-state index >= 15 is 0 Å². The van der Waals surface area contributed by atoms with Crippen molar-refractivity contribution in [1.29, 1.82) is 0 Å². The summed E-state index contributed by atoms with van der Waals surface area (Å²) in [6.07, 6.45) is 5.17. The number of halogens is 1. The number of hydrogen-bond acceptors (Lipinski definition) is 4. The number of nitrogens with zero attached hydrogens (tertiary/aromatic N) is 3. The molecule has 1 aromatic carbocycles. The molecule has 4 heterocycles. The zero-order valence-corrected chi connectivity index (χ0v) is 19.5. The van der Waals surface area contributed by atoms with Crippen LogP contribution in [0.25, 0.3) is 27.7 Å². The normalized spacial score (nSPS) is 16.2. The van der Waals surface area contributed by atoms with Crippen molar-refractivity contribution in [3.8, 4) is 11.1 Å². The van der Waals surface area contributed by atoms with Crippen LogP contribution in [0.5, 0.6) is 0 Å². The predicted molar refractivity (Wildman–Crippen MR) is 129 cm³/mol. The number of nitrogens with one attached hydrogen (secondary N) is 1. The van der Waals surface area contributed by atoms with E-state index in [1.165, 1.54) is 17.2 Å². The van der Waals surface area contributed by atoms with Crippen LogP contribution >= 0.6 is 0 Å². The fourth-order valence-corrected chi connectivity index (χ4v) is 4.77. The second-order valence-electron chi connectivity index (χ2n) is 9.80. The topological polar surface area (TPSA) is 61.5 Å². The Hall–Kier alpha value is -3.35. The highest BCUT2D eigenvalue weighted by molar-refractivity contribution is 6.02. The fourth-order valence-electron chi connectivity index (χ4n) is 4.77. The molecular formula is C26H29FN4O2. The molecule has 3 aromatic rings. The lowest BCUT2D eigenvalue weighted by Gasteiger charge is -2.30. The highest BCUT2D eigenvalue weighted by Crippen LogP contribution is 2.41. The number of aromatic amines is 1. The number of carbonyl (C=O) groups is 1. The molecule has 1 N–H and O–H groups in total. The highest BCUT2D eigenvalue weighted by atomic mass is 19.1. The number of H-pyrrole nitrogens is 1. The van der Waals surface area contributed by atoms with Crippen LogP contribution in [0.4, 0.5) is 14.9 Å². The van der Waals surface area contributed by atoms with E-state index in [9.17, 15) is 9.18 Å². The van der Waals surface area contributed by atoms with Crippen molar-refractivity contribution in [1.82, 2.24) is 14.9 Å². The number of hydrogen-bond donors (Lipinski definition) is 1. The molecule has 2 aromatic heterocycles. The summed E-state index contributed by atoms with van der Waals surface area (Å²) in [7, 11) is 2.05. The Bertz CT molecular complexity index is 1270. The molecule has 2 aliphatic rings. The number of rotatable bonds is 1. The number of anilines is 1. The third kappa shape index (κ3) is 3.96. The van der Waals surface area contributed by atoms with Crippen molar-refractivity contribution < 1.29 is 13.9 Å². The molecule has 0 saturated carbocycles. The molecule has 0 aliphatic carbocycles. The Morgan fingerprint density at radius 3 is 2.70 bits per heavy atom. The number of aromatic nitrogens is 2. The number of likely N-dealkylation sites (N-methyl/N-ethyl adjacent to an activating group) is 1. The standard InChI is InChI=1S/C26H29FN4O2/c1-26(2,3)33-25(32)31-13-8-16(9-14-31)23-19-10-12-30(4)21-6-5-17(27)15-20(21)18-7-11-28-24(29-23)22(18)19/h5-8,11,15H,9-10,12-14H2,1-4H3,(H,28,29). The minimum Gasteiger partial charge on any atom is -0.444 e. The quantitative estimate of drug-likeness (QED) is 0.543. The van der Waals surface area contributed by atoms with Crippen molar-refractivity contribution in [2.45, 2.75) is 39.2 Å². The molecule has 172 valence electrons. The lowest BCUT2D eigenvalue weighted by Crippen LogP contribution is -2.39. The molecular weight excluding hydrogens is 419 g/mol. The first-order valence-electron chi connectivity index (χ1n) is 11.4. The Balaban J connectivity index is 1.56. The molecule has 2 aliphatic heterocycles. The van der Waals surface area contributed by atoms with Gasteiger partial charge in [0.1, 0.15) is 17.1 Å². The van der Waals surface area contributed by atoms with Gasteiger partial charge in [-0.3, -0.25) is 0 Å². The summed E-state index contributed by atoms with van der Waals surface area (Å²) >= 11 is 0. The Kier molecular flexibility index (Phi) is 5.15. The molecule has 0 radical (unpaired) electrons. The average molecular weight is 449 g/mol. The molecule has 0 atom stereocenters. The van der Waals surface area contributed by atoms with E-state index < -0.39 is 5.60 Å². The first kappa shape index (κ1) is 21.5. The third-order valence-corrected chi connectivity index (χ3v) is 6.34. The van der Waals surface area contributed by atoms with Crippen molar-refractivity contribution in [2.75, 3.05) is 31.6 Å². The highest BCUT2D eigenvalue weighted by Gasteiger charge is 2.27. The summed E-state index contributed by atoms with van der Waals surface area (Å²) in [4.78, 5) is 24.5. The van der Waals surface area contributed by atoms with Crippen molar-refractivity contribution in [3.05, 3.63) is 53.6 Å². The van der Waals surface area contributed by atoms with E-state index in [-0.39, 0.29) is 11.9 Å². The van der Waals surface area contributed by atoms with Crippen LogP contribution in [-0.2, 0) is 11.2 Å². The number of fused-ring (bicyclic) bond motifs is 2. The van der Waals surface area contributed by atoms with Crippen LogP contribution in [-0.4, -0.2) is 53.2 Å². The second-order valence-corrected chi connectivity index (χ2v) is 9.80. The summed E-state index contributed by atoms with van der Waals surface area (Å²) in [6.45, 7) is 7.55. The van der Waals surface area contributed by atoms with Gasteiger partial charge in [0.2, 0.25) is 0 Å². The number of ether oxygens (including phenoxy) is 1. The van der Waals surface area contributed by atoms with Gasteiger partial charge in [0, 0.05) is 55.2 Å². The molecule has 5 rings (SSSR count). The molecule has 0 bridgehead atoms. The van der Waals surface area contributed by atoms with Crippen LogP contribution in [0, 0.1) is 5.82 Å². The molecule has 6 nitrogen and oxygen atoms in total. The number of amides is 1. The van der Waals surface area contributed by atoms with Crippen molar-refractivity contribution in [2.24, 2.45) is 0 Å². The minimum atomic E-state index is -0.511. The maximum atomic E-state index is 14.2. The molecule has 1 amide bonds. The molecule has 33 heavy (non-hydrogen) atoms. The SMILES string of the molecule is CN1CCc2c(C3=CCN(C(=O)OC(C)(C)C)CC3)[nH]c3nccc(c23)-c2cc(F)ccc21. The zero-order valence-electron chi connectivity index (χ0n) is 19.5. The summed E-state index contributed by atoms with van der Waals surface area (Å²) in [5.74, 6) is -0.248. The maximum Gasteiger partial charge on any atom is 0.410 e. The lowest BCUT2D eigenvalue weighted by molar-refractivity contribution is 0.0270. The van der Waals surface area contributed by atoms with E-state index in [1.807, 2.05) is 40.0 Å². The van der Waals surface area contributed by atoms with Gasteiger partial charge in [0.15, 0.2) is 0 Å². The largest absolute Gasteiger partial charge is 0.444 e. The minimum absolute atomic E-state index is 0.248.